The standard InChI is InChI=1S/C15H30N2O2/c1-3-5-9-17(15(18)4-2)10-7-6-8-16-11-13-19-14-12-16/h3-14H2,1-2H3. The number of hydrogen-bond acceptors (Lipinski definition) is 3. The first-order chi connectivity index (χ1) is 9.27. The molecule has 1 aliphatic heterocycles. The van der Waals surface area contributed by atoms with E-state index in [4.69, 9.17) is 4.74 Å². The molecule has 1 amide bonds. The van der Waals surface area contributed by atoms with Gasteiger partial charge in [-0.25, -0.2) is 0 Å². The molecule has 4 heteroatoms. The fourth-order valence-electron chi connectivity index (χ4n) is 2.40. The Balaban J connectivity index is 2.14. The SMILES string of the molecule is CCCCN(CCCCN1CCOCC1)C(=O)CC. The summed E-state index contributed by atoms with van der Waals surface area (Å²) in [5.74, 6) is 0.305. The van der Waals surface area contributed by atoms with Crippen LogP contribution < -0.4 is 0 Å². The van der Waals surface area contributed by atoms with Gasteiger partial charge in [-0.05, 0) is 25.8 Å². The van der Waals surface area contributed by atoms with Gasteiger partial charge in [-0.15, -0.1) is 0 Å². The topological polar surface area (TPSA) is 32.8 Å². The van der Waals surface area contributed by atoms with E-state index < -0.39 is 0 Å². The number of unbranched alkanes of at least 4 members (excludes halogenated alkanes) is 2. The zero-order chi connectivity index (χ0) is 13.9. The number of ether oxygens (including phenoxy) is 1. The van der Waals surface area contributed by atoms with Crippen molar-refractivity contribution in [2.24, 2.45) is 0 Å². The van der Waals surface area contributed by atoms with Crippen LogP contribution in [0.5, 0.6) is 0 Å². The summed E-state index contributed by atoms with van der Waals surface area (Å²) in [6.07, 6.45) is 5.20. The van der Waals surface area contributed by atoms with Crippen molar-refractivity contribution < 1.29 is 9.53 Å². The number of carbonyl (C=O) groups is 1. The molecule has 1 saturated heterocycles. The monoisotopic (exact) mass is 270 g/mol. The van der Waals surface area contributed by atoms with E-state index in [0.717, 1.165) is 65.2 Å². The second kappa shape index (κ2) is 10.2. The van der Waals surface area contributed by atoms with Gasteiger partial charge < -0.3 is 9.64 Å². The molecule has 1 heterocycles. The van der Waals surface area contributed by atoms with Gasteiger partial charge in [-0.2, -0.15) is 0 Å². The van der Waals surface area contributed by atoms with Crippen molar-refractivity contribution in [3.8, 4) is 0 Å². The molecule has 0 aromatic carbocycles. The van der Waals surface area contributed by atoms with Crippen LogP contribution in [0.4, 0.5) is 0 Å². The fourth-order valence-corrected chi connectivity index (χ4v) is 2.40. The van der Waals surface area contributed by atoms with Gasteiger partial charge in [-0.3, -0.25) is 9.69 Å². The zero-order valence-corrected chi connectivity index (χ0v) is 12.7. The molecule has 0 atom stereocenters. The molecule has 0 bridgehead atoms. The largest absolute Gasteiger partial charge is 0.379 e. The molecular weight excluding hydrogens is 240 g/mol. The quantitative estimate of drug-likeness (QED) is 0.602. The van der Waals surface area contributed by atoms with Gasteiger partial charge in [0, 0.05) is 32.6 Å². The van der Waals surface area contributed by atoms with Gasteiger partial charge in [0.1, 0.15) is 0 Å². The molecule has 0 aliphatic carbocycles. The van der Waals surface area contributed by atoms with Crippen molar-refractivity contribution >= 4 is 5.91 Å². The van der Waals surface area contributed by atoms with Gasteiger partial charge >= 0.3 is 0 Å². The summed E-state index contributed by atoms with van der Waals surface area (Å²) < 4.78 is 5.34. The average Bonchev–Trinajstić information content (AvgIpc) is 2.47. The Bertz CT molecular complexity index is 240. The maximum absolute atomic E-state index is 11.8. The van der Waals surface area contributed by atoms with E-state index in [1.54, 1.807) is 0 Å². The van der Waals surface area contributed by atoms with Crippen LogP contribution >= 0.6 is 0 Å². The molecule has 1 rings (SSSR count). The molecular formula is C15H30N2O2. The van der Waals surface area contributed by atoms with Gasteiger partial charge in [0.05, 0.1) is 13.2 Å². The molecule has 0 saturated carbocycles. The van der Waals surface area contributed by atoms with Crippen molar-refractivity contribution in [2.45, 2.75) is 46.0 Å². The van der Waals surface area contributed by atoms with Crippen LogP contribution in [0.25, 0.3) is 0 Å². The molecule has 0 aromatic rings. The highest BCUT2D eigenvalue weighted by Gasteiger charge is 2.12. The van der Waals surface area contributed by atoms with Crippen LogP contribution in [-0.2, 0) is 9.53 Å². The predicted molar refractivity (Wildman–Crippen MR) is 78.3 cm³/mol. The summed E-state index contributed by atoms with van der Waals surface area (Å²) in [6, 6.07) is 0. The van der Waals surface area contributed by atoms with Crippen molar-refractivity contribution in [2.75, 3.05) is 45.9 Å². The Morgan fingerprint density at radius 2 is 1.79 bits per heavy atom. The summed E-state index contributed by atoms with van der Waals surface area (Å²) in [5.41, 5.74) is 0. The predicted octanol–water partition coefficient (Wildman–Crippen LogP) is 2.14. The molecule has 1 aliphatic rings. The summed E-state index contributed by atoms with van der Waals surface area (Å²) in [7, 11) is 0. The minimum atomic E-state index is 0.305. The molecule has 112 valence electrons. The van der Waals surface area contributed by atoms with E-state index in [-0.39, 0.29) is 0 Å². The smallest absolute Gasteiger partial charge is 0.222 e. The van der Waals surface area contributed by atoms with Crippen molar-refractivity contribution in [1.29, 1.82) is 0 Å². The Kier molecular flexibility index (Phi) is 8.84. The van der Waals surface area contributed by atoms with Crippen molar-refractivity contribution in [3.05, 3.63) is 0 Å². The molecule has 0 aromatic heterocycles. The minimum Gasteiger partial charge on any atom is -0.379 e. The van der Waals surface area contributed by atoms with Crippen LogP contribution in [0.15, 0.2) is 0 Å². The molecule has 0 N–H and O–H groups in total. The summed E-state index contributed by atoms with van der Waals surface area (Å²) >= 11 is 0. The van der Waals surface area contributed by atoms with Crippen LogP contribution in [-0.4, -0.2) is 61.6 Å². The van der Waals surface area contributed by atoms with Gasteiger partial charge in [0.2, 0.25) is 5.91 Å². The number of amides is 1. The zero-order valence-electron chi connectivity index (χ0n) is 12.7. The van der Waals surface area contributed by atoms with Crippen LogP contribution in [0.2, 0.25) is 0 Å². The highest BCUT2D eigenvalue weighted by Crippen LogP contribution is 2.04. The number of rotatable bonds is 9. The van der Waals surface area contributed by atoms with E-state index in [2.05, 4.69) is 11.8 Å². The minimum absolute atomic E-state index is 0.305. The normalized spacial score (nSPS) is 16.5. The number of nitrogens with zero attached hydrogens (tertiary/aromatic N) is 2. The van der Waals surface area contributed by atoms with E-state index in [1.165, 1.54) is 6.42 Å². The maximum atomic E-state index is 11.8. The number of carbonyl (C=O) groups excluding carboxylic acids is 1. The first kappa shape index (κ1) is 16.4. The molecule has 0 spiro atoms. The van der Waals surface area contributed by atoms with E-state index >= 15 is 0 Å². The van der Waals surface area contributed by atoms with Crippen LogP contribution in [0.3, 0.4) is 0 Å². The van der Waals surface area contributed by atoms with Crippen LogP contribution in [0, 0.1) is 0 Å². The maximum Gasteiger partial charge on any atom is 0.222 e. The number of morpholine rings is 1. The molecule has 0 radical (unpaired) electrons. The van der Waals surface area contributed by atoms with Crippen molar-refractivity contribution in [1.82, 2.24) is 9.80 Å². The van der Waals surface area contributed by atoms with E-state index in [1.807, 2.05) is 11.8 Å². The van der Waals surface area contributed by atoms with Crippen molar-refractivity contribution in [3.63, 3.8) is 0 Å². The third-order valence-electron chi connectivity index (χ3n) is 3.69. The lowest BCUT2D eigenvalue weighted by molar-refractivity contribution is -0.131. The first-order valence-corrected chi connectivity index (χ1v) is 7.85. The second-order valence-corrected chi connectivity index (χ2v) is 5.25. The molecule has 1 fully saturated rings. The van der Waals surface area contributed by atoms with E-state index in [9.17, 15) is 4.79 Å². The highest BCUT2D eigenvalue weighted by molar-refractivity contribution is 5.75. The molecule has 4 nitrogen and oxygen atoms in total. The van der Waals surface area contributed by atoms with E-state index in [0.29, 0.717) is 12.3 Å². The summed E-state index contributed by atoms with van der Waals surface area (Å²) in [5, 5.41) is 0. The van der Waals surface area contributed by atoms with Crippen LogP contribution in [0.1, 0.15) is 46.0 Å². The third-order valence-corrected chi connectivity index (χ3v) is 3.69. The second-order valence-electron chi connectivity index (χ2n) is 5.25. The first-order valence-electron chi connectivity index (χ1n) is 7.85. The van der Waals surface area contributed by atoms with Gasteiger partial charge in [0.15, 0.2) is 0 Å². The van der Waals surface area contributed by atoms with Gasteiger partial charge in [0.25, 0.3) is 0 Å². The Morgan fingerprint density at radius 3 is 2.42 bits per heavy atom. The fraction of sp³-hybridized carbons (Fsp3) is 0.933. The number of hydrogen-bond donors (Lipinski definition) is 0. The lowest BCUT2D eigenvalue weighted by Gasteiger charge is -2.27. The lowest BCUT2D eigenvalue weighted by atomic mass is 10.2. The Morgan fingerprint density at radius 1 is 1.11 bits per heavy atom. The Labute approximate surface area is 118 Å². The van der Waals surface area contributed by atoms with Gasteiger partial charge in [-0.1, -0.05) is 20.3 Å². The average molecular weight is 270 g/mol. The summed E-state index contributed by atoms with van der Waals surface area (Å²) in [6.45, 7) is 11.0. The lowest BCUT2D eigenvalue weighted by Crippen LogP contribution is -2.37. The molecule has 19 heavy (non-hydrogen) atoms. The molecule has 0 unspecified atom stereocenters. The third kappa shape index (κ3) is 6.92. The highest BCUT2D eigenvalue weighted by atomic mass is 16.5. The summed E-state index contributed by atoms with van der Waals surface area (Å²) in [4.78, 5) is 16.3. The Hall–Kier alpha value is -0.610.